The van der Waals surface area contributed by atoms with E-state index in [1.165, 1.54) is 0 Å². The van der Waals surface area contributed by atoms with E-state index in [0.717, 1.165) is 4.47 Å². The molecule has 0 aromatic heterocycles. The predicted octanol–water partition coefficient (Wildman–Crippen LogP) is 2.64. The third-order valence-corrected chi connectivity index (χ3v) is 3.49. The molecular formula is C12H15BrClNO3. The first-order valence-corrected chi connectivity index (χ1v) is 6.52. The topological polar surface area (TPSA) is 58.6 Å². The lowest BCUT2D eigenvalue weighted by Crippen LogP contribution is -2.48. The number of rotatable bonds is 6. The summed E-state index contributed by atoms with van der Waals surface area (Å²) in [5, 5.41) is 12.8. The molecule has 0 fully saturated rings. The first kappa shape index (κ1) is 15.4. The second kappa shape index (κ2) is 6.52. The third kappa shape index (κ3) is 3.45. The molecule has 1 unspecified atom stereocenters. The zero-order valence-electron chi connectivity index (χ0n) is 10.2. The van der Waals surface area contributed by atoms with Crippen LogP contribution in [0.3, 0.4) is 0 Å². The Bertz CT molecular complexity index is 441. The van der Waals surface area contributed by atoms with Gasteiger partial charge in [-0.1, -0.05) is 33.6 Å². The van der Waals surface area contributed by atoms with Gasteiger partial charge in [0.2, 0.25) is 0 Å². The molecule has 1 aromatic rings. The Morgan fingerprint density at radius 3 is 2.78 bits per heavy atom. The number of halogens is 2. The number of hydrogen-bond acceptors (Lipinski definition) is 3. The van der Waals surface area contributed by atoms with Crippen molar-refractivity contribution in [3.8, 4) is 0 Å². The number of carbonyl (C=O) groups is 1. The van der Waals surface area contributed by atoms with E-state index in [2.05, 4.69) is 21.2 Å². The maximum absolute atomic E-state index is 11.5. The van der Waals surface area contributed by atoms with Crippen LogP contribution >= 0.6 is 27.5 Å². The summed E-state index contributed by atoms with van der Waals surface area (Å²) in [6.07, 6.45) is 0. The predicted molar refractivity (Wildman–Crippen MR) is 74.0 cm³/mol. The van der Waals surface area contributed by atoms with Gasteiger partial charge in [0, 0.05) is 28.7 Å². The second-order valence-electron chi connectivity index (χ2n) is 3.97. The van der Waals surface area contributed by atoms with Crippen molar-refractivity contribution in [2.24, 2.45) is 0 Å². The van der Waals surface area contributed by atoms with Crippen LogP contribution < -0.4 is 5.32 Å². The van der Waals surface area contributed by atoms with E-state index in [1.54, 1.807) is 32.2 Å². The number of methoxy groups -OCH3 is 1. The summed E-state index contributed by atoms with van der Waals surface area (Å²) in [7, 11) is 1.56. The summed E-state index contributed by atoms with van der Waals surface area (Å²) < 4.78 is 5.71. The molecule has 4 nitrogen and oxygen atoms in total. The van der Waals surface area contributed by atoms with Gasteiger partial charge in [0.1, 0.15) is 5.54 Å². The van der Waals surface area contributed by atoms with Crippen molar-refractivity contribution in [1.82, 2.24) is 5.32 Å². The van der Waals surface area contributed by atoms with Crippen molar-refractivity contribution >= 4 is 33.5 Å². The first-order valence-electron chi connectivity index (χ1n) is 5.34. The van der Waals surface area contributed by atoms with E-state index in [0.29, 0.717) is 23.7 Å². The Morgan fingerprint density at radius 1 is 1.61 bits per heavy atom. The van der Waals surface area contributed by atoms with Gasteiger partial charge in [0.25, 0.3) is 0 Å². The number of aliphatic carboxylic acids is 1. The van der Waals surface area contributed by atoms with E-state index < -0.39 is 11.5 Å². The van der Waals surface area contributed by atoms with Gasteiger partial charge < -0.3 is 9.84 Å². The number of nitrogens with one attached hydrogen (secondary N) is 1. The molecule has 1 rings (SSSR count). The second-order valence-corrected chi connectivity index (χ2v) is 5.30. The van der Waals surface area contributed by atoms with Crippen LogP contribution in [0.2, 0.25) is 5.02 Å². The van der Waals surface area contributed by atoms with Crippen molar-refractivity contribution < 1.29 is 14.6 Å². The fourth-order valence-electron chi connectivity index (χ4n) is 1.58. The molecule has 0 aliphatic rings. The maximum Gasteiger partial charge on any atom is 0.328 e. The highest BCUT2D eigenvalue weighted by Crippen LogP contribution is 2.30. The molecule has 0 saturated heterocycles. The Balaban J connectivity index is 3.06. The third-order valence-electron chi connectivity index (χ3n) is 2.68. The normalized spacial score (nSPS) is 14.2. The number of carboxylic acids is 1. The summed E-state index contributed by atoms with van der Waals surface area (Å²) in [4.78, 5) is 11.5. The van der Waals surface area contributed by atoms with E-state index in [9.17, 15) is 9.90 Å². The van der Waals surface area contributed by atoms with Crippen LogP contribution in [0.4, 0.5) is 0 Å². The molecule has 6 heteroatoms. The van der Waals surface area contributed by atoms with Crippen molar-refractivity contribution in [3.63, 3.8) is 0 Å². The Morgan fingerprint density at radius 2 is 2.28 bits per heavy atom. The summed E-state index contributed by atoms with van der Waals surface area (Å²) in [6.45, 7) is 2.43. The SMILES string of the molecule is COCCNC(C)(C(=O)O)c1ccc(Br)cc1Cl. The van der Waals surface area contributed by atoms with Crippen LogP contribution in [-0.2, 0) is 15.1 Å². The van der Waals surface area contributed by atoms with Gasteiger partial charge in [-0.2, -0.15) is 0 Å². The van der Waals surface area contributed by atoms with Gasteiger partial charge in [-0.3, -0.25) is 5.32 Å². The van der Waals surface area contributed by atoms with Crippen LogP contribution in [0.25, 0.3) is 0 Å². The van der Waals surface area contributed by atoms with Crippen molar-refractivity contribution in [3.05, 3.63) is 33.3 Å². The molecule has 0 saturated carbocycles. The molecule has 18 heavy (non-hydrogen) atoms. The fourth-order valence-corrected chi connectivity index (χ4v) is 2.45. The standard InChI is InChI=1S/C12H15BrClNO3/c1-12(11(16)17,15-5-6-18-2)9-4-3-8(13)7-10(9)14/h3-4,7,15H,5-6H2,1-2H3,(H,16,17). The number of carboxylic acid groups (broad SMARTS) is 1. The molecular weight excluding hydrogens is 321 g/mol. The Hall–Kier alpha value is -0.620. The molecule has 0 heterocycles. The van der Waals surface area contributed by atoms with Crippen LogP contribution in [0.5, 0.6) is 0 Å². The van der Waals surface area contributed by atoms with E-state index in [1.807, 2.05) is 0 Å². The van der Waals surface area contributed by atoms with Gasteiger partial charge in [0.15, 0.2) is 0 Å². The van der Waals surface area contributed by atoms with Crippen molar-refractivity contribution in [2.45, 2.75) is 12.5 Å². The van der Waals surface area contributed by atoms with E-state index in [4.69, 9.17) is 16.3 Å². The molecule has 2 N–H and O–H groups in total. The summed E-state index contributed by atoms with van der Waals surface area (Å²) in [5.74, 6) is -0.983. The Labute approximate surface area is 119 Å². The number of hydrogen-bond donors (Lipinski definition) is 2. The van der Waals surface area contributed by atoms with Gasteiger partial charge >= 0.3 is 5.97 Å². The lowest BCUT2D eigenvalue weighted by atomic mass is 9.92. The zero-order chi connectivity index (χ0) is 13.8. The molecule has 1 aromatic carbocycles. The molecule has 0 aliphatic carbocycles. The van der Waals surface area contributed by atoms with Gasteiger partial charge in [-0.25, -0.2) is 4.79 Å². The van der Waals surface area contributed by atoms with Gasteiger partial charge in [0.05, 0.1) is 6.61 Å². The highest BCUT2D eigenvalue weighted by Gasteiger charge is 2.36. The van der Waals surface area contributed by atoms with E-state index >= 15 is 0 Å². The van der Waals surface area contributed by atoms with Crippen LogP contribution in [0, 0.1) is 0 Å². The molecule has 0 bridgehead atoms. The average Bonchev–Trinajstić information content (AvgIpc) is 2.28. The smallest absolute Gasteiger partial charge is 0.328 e. The van der Waals surface area contributed by atoms with E-state index in [-0.39, 0.29) is 0 Å². The monoisotopic (exact) mass is 335 g/mol. The fraction of sp³-hybridized carbons (Fsp3) is 0.417. The highest BCUT2D eigenvalue weighted by atomic mass is 79.9. The quantitative estimate of drug-likeness (QED) is 0.784. The van der Waals surface area contributed by atoms with Gasteiger partial charge in [-0.05, 0) is 19.1 Å². The molecule has 100 valence electrons. The highest BCUT2D eigenvalue weighted by molar-refractivity contribution is 9.10. The minimum Gasteiger partial charge on any atom is -0.480 e. The lowest BCUT2D eigenvalue weighted by molar-refractivity contribution is -0.144. The van der Waals surface area contributed by atoms with Crippen LogP contribution in [0.1, 0.15) is 12.5 Å². The number of benzene rings is 1. The zero-order valence-corrected chi connectivity index (χ0v) is 12.5. The summed E-state index contributed by atoms with van der Waals surface area (Å²) in [6, 6.07) is 5.14. The summed E-state index contributed by atoms with van der Waals surface area (Å²) >= 11 is 9.40. The van der Waals surface area contributed by atoms with Crippen molar-refractivity contribution in [1.29, 1.82) is 0 Å². The first-order chi connectivity index (χ1) is 8.41. The molecule has 0 spiro atoms. The van der Waals surface area contributed by atoms with Crippen LogP contribution in [0.15, 0.2) is 22.7 Å². The summed E-state index contributed by atoms with van der Waals surface area (Å²) in [5.41, 5.74) is -0.716. The van der Waals surface area contributed by atoms with Crippen molar-refractivity contribution in [2.75, 3.05) is 20.3 Å². The van der Waals surface area contributed by atoms with Gasteiger partial charge in [-0.15, -0.1) is 0 Å². The molecule has 0 amide bonds. The number of ether oxygens (including phenoxy) is 1. The minimum absolute atomic E-state index is 0.402. The minimum atomic E-state index is -1.24. The molecule has 0 aliphatic heterocycles. The van der Waals surface area contributed by atoms with Crippen LogP contribution in [-0.4, -0.2) is 31.3 Å². The average molecular weight is 337 g/mol. The maximum atomic E-state index is 11.5. The Kier molecular flexibility index (Phi) is 5.59. The largest absolute Gasteiger partial charge is 0.480 e. The lowest BCUT2D eigenvalue weighted by Gasteiger charge is -2.27. The molecule has 1 atom stereocenters. The molecule has 0 radical (unpaired) electrons.